The first-order valence-electron chi connectivity index (χ1n) is 7.09. The van der Waals surface area contributed by atoms with Crippen LogP contribution in [-0.2, 0) is 16.4 Å². The number of benzene rings is 1. The first kappa shape index (κ1) is 16.9. The van der Waals surface area contributed by atoms with Crippen LogP contribution in [0.3, 0.4) is 0 Å². The maximum absolute atomic E-state index is 12.5. The van der Waals surface area contributed by atoms with E-state index in [1.807, 2.05) is 6.92 Å². The van der Waals surface area contributed by atoms with Crippen molar-refractivity contribution in [2.75, 3.05) is 4.72 Å². The third kappa shape index (κ3) is 3.45. The van der Waals surface area contributed by atoms with Crippen LogP contribution in [0.15, 0.2) is 38.3 Å². The van der Waals surface area contributed by atoms with Gasteiger partial charge in [-0.3, -0.25) is 4.72 Å². The van der Waals surface area contributed by atoms with Gasteiger partial charge in [0.05, 0.1) is 11.3 Å². The highest BCUT2D eigenvalue weighted by atomic mass is 35.5. The van der Waals surface area contributed by atoms with Crippen molar-refractivity contribution in [2.45, 2.75) is 24.5 Å². The average molecular weight is 384 g/mol. The van der Waals surface area contributed by atoms with Gasteiger partial charge >= 0.3 is 0 Å². The molecule has 3 aromatic rings. The zero-order chi connectivity index (χ0) is 17.3. The number of hydrogen-bond donors (Lipinski definition) is 1. The van der Waals surface area contributed by atoms with Crippen molar-refractivity contribution in [3.05, 3.63) is 46.1 Å². The minimum atomic E-state index is -3.70. The first-order chi connectivity index (χ1) is 11.4. The van der Waals surface area contributed by atoms with Crippen molar-refractivity contribution < 1.29 is 12.8 Å². The molecule has 0 radical (unpaired) electrons. The molecule has 0 fully saturated rings. The summed E-state index contributed by atoms with van der Waals surface area (Å²) in [5.74, 6) is 0.822. The SMILES string of the molecule is CCc1nnc(-c2csc(S(=O)(=O)Nc3ccc(Cl)cc3C)c2)o1. The Labute approximate surface area is 148 Å². The van der Waals surface area contributed by atoms with Crippen molar-refractivity contribution in [3.8, 4) is 11.5 Å². The number of thiophene rings is 1. The second kappa shape index (κ2) is 6.54. The summed E-state index contributed by atoms with van der Waals surface area (Å²) in [4.78, 5) is 0. The van der Waals surface area contributed by atoms with E-state index in [1.54, 1.807) is 30.5 Å². The predicted octanol–water partition coefficient (Wildman–Crippen LogP) is 4.12. The van der Waals surface area contributed by atoms with Crippen LogP contribution < -0.4 is 4.72 Å². The van der Waals surface area contributed by atoms with Crippen LogP contribution in [0.4, 0.5) is 5.69 Å². The van der Waals surface area contributed by atoms with Crippen molar-refractivity contribution in [3.63, 3.8) is 0 Å². The fourth-order valence-electron chi connectivity index (χ4n) is 2.02. The minimum Gasteiger partial charge on any atom is -0.421 e. The van der Waals surface area contributed by atoms with Gasteiger partial charge in [-0.15, -0.1) is 21.5 Å². The van der Waals surface area contributed by atoms with Gasteiger partial charge in [0.15, 0.2) is 0 Å². The molecule has 0 saturated carbocycles. The molecule has 1 aromatic carbocycles. The normalized spacial score (nSPS) is 11.6. The Bertz CT molecular complexity index is 980. The molecular formula is C15H14ClN3O3S2. The molecule has 0 unspecified atom stereocenters. The van der Waals surface area contributed by atoms with Crippen LogP contribution in [0.25, 0.3) is 11.5 Å². The van der Waals surface area contributed by atoms with E-state index in [9.17, 15) is 8.42 Å². The van der Waals surface area contributed by atoms with Crippen LogP contribution in [0.2, 0.25) is 5.02 Å². The molecule has 0 aliphatic carbocycles. The Balaban J connectivity index is 1.87. The lowest BCUT2D eigenvalue weighted by molar-refractivity contribution is 0.513. The van der Waals surface area contributed by atoms with Gasteiger partial charge in [-0.25, -0.2) is 8.42 Å². The smallest absolute Gasteiger partial charge is 0.271 e. The molecule has 126 valence electrons. The summed E-state index contributed by atoms with van der Waals surface area (Å²) in [5, 5.41) is 10.0. The molecule has 0 aliphatic rings. The average Bonchev–Trinajstić information content (AvgIpc) is 3.18. The molecule has 0 amide bonds. The van der Waals surface area contributed by atoms with Gasteiger partial charge in [-0.05, 0) is 36.8 Å². The molecular weight excluding hydrogens is 370 g/mol. The molecule has 0 atom stereocenters. The van der Waals surface area contributed by atoms with E-state index in [1.165, 1.54) is 6.07 Å². The van der Waals surface area contributed by atoms with E-state index in [0.29, 0.717) is 34.5 Å². The molecule has 0 spiro atoms. The van der Waals surface area contributed by atoms with E-state index >= 15 is 0 Å². The zero-order valence-electron chi connectivity index (χ0n) is 12.9. The number of nitrogens with zero attached hydrogens (tertiary/aromatic N) is 2. The van der Waals surface area contributed by atoms with Crippen LogP contribution in [0.1, 0.15) is 18.4 Å². The molecule has 24 heavy (non-hydrogen) atoms. The standard InChI is InChI=1S/C15H14ClN3O3S2/c1-3-13-17-18-15(22-13)10-7-14(23-8-10)24(20,21)19-12-5-4-11(16)6-9(12)2/h4-8,19H,3H2,1-2H3. The maximum Gasteiger partial charge on any atom is 0.271 e. The quantitative estimate of drug-likeness (QED) is 0.716. The fourth-order valence-corrected chi connectivity index (χ4v) is 4.53. The largest absolute Gasteiger partial charge is 0.421 e. The lowest BCUT2D eigenvalue weighted by Crippen LogP contribution is -2.12. The Morgan fingerprint density at radius 1 is 1.29 bits per heavy atom. The lowest BCUT2D eigenvalue weighted by atomic mass is 10.2. The summed E-state index contributed by atoms with van der Waals surface area (Å²) < 4.78 is 33.3. The number of sulfonamides is 1. The zero-order valence-corrected chi connectivity index (χ0v) is 15.3. The molecule has 2 heterocycles. The Kier molecular flexibility index (Phi) is 4.62. The number of aryl methyl sites for hydroxylation is 2. The first-order valence-corrected chi connectivity index (χ1v) is 9.83. The van der Waals surface area contributed by atoms with E-state index in [0.717, 1.165) is 16.9 Å². The molecule has 2 aromatic heterocycles. The van der Waals surface area contributed by atoms with Crippen LogP contribution in [0, 0.1) is 6.92 Å². The topological polar surface area (TPSA) is 85.1 Å². The number of halogens is 1. The van der Waals surface area contributed by atoms with Crippen molar-refractivity contribution in [1.29, 1.82) is 0 Å². The summed E-state index contributed by atoms with van der Waals surface area (Å²) in [7, 11) is -3.70. The van der Waals surface area contributed by atoms with Gasteiger partial charge in [-0.2, -0.15) is 0 Å². The molecule has 0 bridgehead atoms. The monoisotopic (exact) mass is 383 g/mol. The lowest BCUT2D eigenvalue weighted by Gasteiger charge is -2.09. The van der Waals surface area contributed by atoms with E-state index in [4.69, 9.17) is 16.0 Å². The predicted molar refractivity (Wildman–Crippen MR) is 94.0 cm³/mol. The van der Waals surface area contributed by atoms with Gasteiger partial charge in [0.2, 0.25) is 11.8 Å². The van der Waals surface area contributed by atoms with Gasteiger partial charge < -0.3 is 4.42 Å². The minimum absolute atomic E-state index is 0.170. The summed E-state index contributed by atoms with van der Waals surface area (Å²) in [6.45, 7) is 3.69. The number of hydrogen-bond acceptors (Lipinski definition) is 6. The third-order valence-electron chi connectivity index (χ3n) is 3.29. The molecule has 9 heteroatoms. The van der Waals surface area contributed by atoms with Gasteiger partial charge in [-0.1, -0.05) is 18.5 Å². The van der Waals surface area contributed by atoms with Gasteiger partial charge in [0.1, 0.15) is 4.21 Å². The second-order valence-corrected chi connectivity index (χ2v) is 8.33. The van der Waals surface area contributed by atoms with Crippen LogP contribution in [-0.4, -0.2) is 18.6 Å². The molecule has 6 nitrogen and oxygen atoms in total. The van der Waals surface area contributed by atoms with E-state index in [2.05, 4.69) is 14.9 Å². The highest BCUT2D eigenvalue weighted by Crippen LogP contribution is 2.30. The van der Waals surface area contributed by atoms with Gasteiger partial charge in [0.25, 0.3) is 10.0 Å². The Morgan fingerprint density at radius 3 is 2.75 bits per heavy atom. The van der Waals surface area contributed by atoms with Gasteiger partial charge in [0, 0.05) is 16.8 Å². The van der Waals surface area contributed by atoms with E-state index < -0.39 is 10.0 Å². The summed E-state index contributed by atoms with van der Waals surface area (Å²) in [6, 6.07) is 6.49. The third-order valence-corrected chi connectivity index (χ3v) is 6.33. The Morgan fingerprint density at radius 2 is 2.08 bits per heavy atom. The number of aromatic nitrogens is 2. The van der Waals surface area contributed by atoms with Crippen molar-refractivity contribution >= 4 is 38.6 Å². The molecule has 3 rings (SSSR count). The summed E-state index contributed by atoms with van der Waals surface area (Å²) >= 11 is 6.98. The van der Waals surface area contributed by atoms with Crippen molar-refractivity contribution in [1.82, 2.24) is 10.2 Å². The van der Waals surface area contributed by atoms with Crippen molar-refractivity contribution in [2.24, 2.45) is 0 Å². The maximum atomic E-state index is 12.5. The highest BCUT2D eigenvalue weighted by Gasteiger charge is 2.20. The van der Waals surface area contributed by atoms with Crippen LogP contribution >= 0.6 is 22.9 Å². The van der Waals surface area contributed by atoms with E-state index in [-0.39, 0.29) is 4.21 Å². The molecule has 0 aliphatic heterocycles. The van der Waals surface area contributed by atoms with Crippen LogP contribution in [0.5, 0.6) is 0 Å². The molecule has 0 saturated heterocycles. The summed E-state index contributed by atoms with van der Waals surface area (Å²) in [6.07, 6.45) is 0.625. The highest BCUT2D eigenvalue weighted by molar-refractivity contribution is 7.94. The fraction of sp³-hybridized carbons (Fsp3) is 0.200. The molecule has 1 N–H and O–H groups in total. The number of rotatable bonds is 5. The number of anilines is 1. The Hall–Kier alpha value is -1.90. The second-order valence-electron chi connectivity index (χ2n) is 5.07. The number of nitrogens with one attached hydrogen (secondary N) is 1. The summed E-state index contributed by atoms with van der Waals surface area (Å²) in [5.41, 5.74) is 1.81.